The molecule has 4 rings (SSSR count). The van der Waals surface area contributed by atoms with Crippen LogP contribution in [0.5, 0.6) is 23.0 Å². The lowest BCUT2D eigenvalue weighted by Crippen LogP contribution is -2.48. The van der Waals surface area contributed by atoms with Gasteiger partial charge >= 0.3 is 0 Å². The Labute approximate surface area is 203 Å². The fraction of sp³-hybridized carbons (Fsp3) is 0.348. The van der Waals surface area contributed by atoms with E-state index < -0.39 is 10.0 Å². The van der Waals surface area contributed by atoms with Gasteiger partial charge in [-0.25, -0.2) is 13.4 Å². The predicted molar refractivity (Wildman–Crippen MR) is 131 cm³/mol. The molecule has 0 unspecified atom stereocenters. The second-order valence-electron chi connectivity index (χ2n) is 7.52. The minimum Gasteiger partial charge on any atom is -0.497 e. The normalized spacial score (nSPS) is 14.6. The first kappa shape index (κ1) is 24.1. The Hall–Kier alpha value is -3.02. The van der Waals surface area contributed by atoms with Crippen LogP contribution in [0.1, 0.15) is 0 Å². The van der Waals surface area contributed by atoms with Crippen molar-refractivity contribution < 1.29 is 27.4 Å². The first-order valence-corrected chi connectivity index (χ1v) is 12.9. The Kier molecular flexibility index (Phi) is 7.15. The van der Waals surface area contributed by atoms with E-state index in [0.29, 0.717) is 43.4 Å². The SMILES string of the molecule is COc1cc(OC)cc(-c2csc(N3CCN(S(=O)(=O)c4ccc(OC)cc4OC)CC3)n2)c1. The van der Waals surface area contributed by atoms with E-state index in [1.54, 1.807) is 26.4 Å². The molecule has 2 heterocycles. The van der Waals surface area contributed by atoms with Gasteiger partial charge in [0.05, 0.1) is 34.1 Å². The molecule has 0 saturated carbocycles. The molecule has 1 aromatic heterocycles. The summed E-state index contributed by atoms with van der Waals surface area (Å²) in [6.07, 6.45) is 0. The van der Waals surface area contributed by atoms with Gasteiger partial charge in [0.15, 0.2) is 5.13 Å². The predicted octanol–water partition coefficient (Wildman–Crippen LogP) is 3.36. The zero-order valence-corrected chi connectivity index (χ0v) is 21.1. The van der Waals surface area contributed by atoms with Gasteiger partial charge < -0.3 is 23.8 Å². The summed E-state index contributed by atoms with van der Waals surface area (Å²) in [7, 11) is 2.49. The molecule has 0 aliphatic carbocycles. The quantitative estimate of drug-likeness (QED) is 0.460. The Morgan fingerprint density at radius 1 is 0.824 bits per heavy atom. The van der Waals surface area contributed by atoms with Crippen molar-refractivity contribution in [2.75, 3.05) is 59.5 Å². The van der Waals surface area contributed by atoms with Crippen molar-refractivity contribution in [3.05, 3.63) is 41.8 Å². The molecule has 34 heavy (non-hydrogen) atoms. The molecule has 3 aromatic rings. The molecule has 1 fully saturated rings. The van der Waals surface area contributed by atoms with Crippen molar-refractivity contribution >= 4 is 26.5 Å². The topological polar surface area (TPSA) is 90.4 Å². The molecule has 11 heteroatoms. The van der Waals surface area contributed by atoms with Gasteiger partial charge in [-0.05, 0) is 24.3 Å². The van der Waals surface area contributed by atoms with Gasteiger partial charge in [0.1, 0.15) is 27.9 Å². The standard InChI is InChI=1S/C23H27N3O6S2/c1-29-17-5-6-22(21(14-17)32-4)34(27,28)26-9-7-25(8-10-26)23-24-20(15-33-23)16-11-18(30-2)13-19(12-16)31-3/h5-6,11-15H,7-10H2,1-4H3. The summed E-state index contributed by atoms with van der Waals surface area (Å²) < 4.78 is 49.2. The number of piperazine rings is 1. The Morgan fingerprint density at radius 2 is 1.47 bits per heavy atom. The second kappa shape index (κ2) is 10.1. The second-order valence-corrected chi connectivity index (χ2v) is 10.3. The van der Waals surface area contributed by atoms with Gasteiger partial charge in [0.25, 0.3) is 0 Å². The van der Waals surface area contributed by atoms with Gasteiger partial charge in [0, 0.05) is 49.3 Å². The molecule has 0 atom stereocenters. The lowest BCUT2D eigenvalue weighted by molar-refractivity contribution is 0.370. The molecule has 0 spiro atoms. The van der Waals surface area contributed by atoms with E-state index in [-0.39, 0.29) is 10.6 Å². The number of anilines is 1. The van der Waals surface area contributed by atoms with Crippen molar-refractivity contribution in [3.63, 3.8) is 0 Å². The van der Waals surface area contributed by atoms with E-state index in [1.807, 2.05) is 23.6 Å². The molecule has 1 saturated heterocycles. The molecular formula is C23H27N3O6S2. The monoisotopic (exact) mass is 505 g/mol. The Balaban J connectivity index is 1.48. The van der Waals surface area contributed by atoms with E-state index in [0.717, 1.165) is 16.4 Å². The van der Waals surface area contributed by atoms with Crippen LogP contribution in [0.25, 0.3) is 11.3 Å². The summed E-state index contributed by atoms with van der Waals surface area (Å²) in [4.78, 5) is 7.01. The third-order valence-electron chi connectivity index (χ3n) is 5.64. The maximum Gasteiger partial charge on any atom is 0.246 e. The number of thiazole rings is 1. The van der Waals surface area contributed by atoms with Crippen molar-refractivity contribution in [1.29, 1.82) is 0 Å². The van der Waals surface area contributed by atoms with Crippen LogP contribution in [0.4, 0.5) is 5.13 Å². The van der Waals surface area contributed by atoms with Crippen molar-refractivity contribution in [3.8, 4) is 34.3 Å². The van der Waals surface area contributed by atoms with Crippen LogP contribution in [0, 0.1) is 0 Å². The number of rotatable bonds is 8. The van der Waals surface area contributed by atoms with Gasteiger partial charge in [-0.3, -0.25) is 0 Å². The highest BCUT2D eigenvalue weighted by Gasteiger charge is 2.31. The van der Waals surface area contributed by atoms with Crippen LogP contribution in [0.3, 0.4) is 0 Å². The largest absolute Gasteiger partial charge is 0.497 e. The minimum atomic E-state index is -3.71. The minimum absolute atomic E-state index is 0.132. The number of hydrogen-bond acceptors (Lipinski definition) is 9. The smallest absolute Gasteiger partial charge is 0.246 e. The summed E-state index contributed by atoms with van der Waals surface area (Å²) in [5.74, 6) is 2.18. The fourth-order valence-corrected chi connectivity index (χ4v) is 6.19. The summed E-state index contributed by atoms with van der Waals surface area (Å²) >= 11 is 1.52. The van der Waals surface area contributed by atoms with E-state index in [2.05, 4.69) is 4.90 Å². The highest BCUT2D eigenvalue weighted by Crippen LogP contribution is 2.34. The third kappa shape index (κ3) is 4.77. The number of aromatic nitrogens is 1. The summed E-state index contributed by atoms with van der Waals surface area (Å²) in [6, 6.07) is 10.4. The zero-order valence-electron chi connectivity index (χ0n) is 19.5. The van der Waals surface area contributed by atoms with Crippen LogP contribution in [0.15, 0.2) is 46.7 Å². The Bertz CT molecular complexity index is 1230. The number of sulfonamides is 1. The molecule has 0 bridgehead atoms. The van der Waals surface area contributed by atoms with Gasteiger partial charge in [0.2, 0.25) is 10.0 Å². The zero-order chi connectivity index (χ0) is 24.3. The highest BCUT2D eigenvalue weighted by molar-refractivity contribution is 7.89. The van der Waals surface area contributed by atoms with Gasteiger partial charge in [-0.2, -0.15) is 4.31 Å². The van der Waals surface area contributed by atoms with Crippen molar-refractivity contribution in [2.24, 2.45) is 0 Å². The molecular weight excluding hydrogens is 478 g/mol. The Morgan fingerprint density at radius 3 is 2.06 bits per heavy atom. The molecule has 1 aliphatic heterocycles. The van der Waals surface area contributed by atoms with Gasteiger partial charge in [-0.1, -0.05) is 0 Å². The highest BCUT2D eigenvalue weighted by atomic mass is 32.2. The molecule has 9 nitrogen and oxygen atoms in total. The van der Waals surface area contributed by atoms with E-state index >= 15 is 0 Å². The van der Waals surface area contributed by atoms with Crippen LogP contribution in [-0.4, -0.2) is 72.3 Å². The number of methoxy groups -OCH3 is 4. The molecule has 2 aromatic carbocycles. The lowest BCUT2D eigenvalue weighted by atomic mass is 10.1. The molecule has 0 amide bonds. The van der Waals surface area contributed by atoms with Crippen molar-refractivity contribution in [1.82, 2.24) is 9.29 Å². The summed E-state index contributed by atoms with van der Waals surface area (Å²) in [6.45, 7) is 1.76. The number of benzene rings is 2. The summed E-state index contributed by atoms with van der Waals surface area (Å²) in [5, 5.41) is 2.82. The van der Waals surface area contributed by atoms with Crippen LogP contribution in [-0.2, 0) is 10.0 Å². The van der Waals surface area contributed by atoms with Crippen LogP contribution in [0.2, 0.25) is 0 Å². The fourth-order valence-electron chi connectivity index (χ4n) is 3.74. The first-order valence-electron chi connectivity index (χ1n) is 10.6. The lowest BCUT2D eigenvalue weighted by Gasteiger charge is -2.34. The maximum absolute atomic E-state index is 13.3. The van der Waals surface area contributed by atoms with Gasteiger partial charge in [-0.15, -0.1) is 11.3 Å². The molecule has 182 valence electrons. The third-order valence-corrected chi connectivity index (χ3v) is 8.48. The van der Waals surface area contributed by atoms with Crippen molar-refractivity contribution in [2.45, 2.75) is 4.90 Å². The number of hydrogen-bond donors (Lipinski definition) is 0. The number of nitrogens with zero attached hydrogens (tertiary/aromatic N) is 3. The number of ether oxygens (including phenoxy) is 4. The van der Waals surface area contributed by atoms with Crippen LogP contribution >= 0.6 is 11.3 Å². The van der Waals surface area contributed by atoms with E-state index in [9.17, 15) is 8.42 Å². The maximum atomic E-state index is 13.3. The van der Waals surface area contributed by atoms with E-state index in [1.165, 1.54) is 35.9 Å². The molecule has 0 N–H and O–H groups in total. The van der Waals surface area contributed by atoms with E-state index in [4.69, 9.17) is 23.9 Å². The molecule has 1 aliphatic rings. The first-order chi connectivity index (χ1) is 16.4. The van der Waals surface area contributed by atoms with Crippen LogP contribution < -0.4 is 23.8 Å². The summed E-state index contributed by atoms with van der Waals surface area (Å²) in [5.41, 5.74) is 1.71. The average molecular weight is 506 g/mol. The molecule has 0 radical (unpaired) electrons. The average Bonchev–Trinajstić information content (AvgIpc) is 3.38.